The van der Waals surface area contributed by atoms with Crippen molar-refractivity contribution in [3.8, 4) is 0 Å². The van der Waals surface area contributed by atoms with E-state index in [9.17, 15) is 18.8 Å². The maximum Gasteiger partial charge on any atom is 0.338 e. The topological polar surface area (TPSA) is 82.2 Å². The average molecular weight is 495 g/mol. The van der Waals surface area contributed by atoms with E-state index in [2.05, 4.69) is 10.2 Å². The van der Waals surface area contributed by atoms with Crippen LogP contribution >= 0.6 is 0 Å². The molecule has 2 aliphatic rings. The van der Waals surface area contributed by atoms with Crippen molar-refractivity contribution in [3.05, 3.63) is 82.8 Å². The summed E-state index contributed by atoms with van der Waals surface area (Å²) in [6.45, 7) is 6.74. The van der Waals surface area contributed by atoms with Crippen LogP contribution in [-0.2, 0) is 9.53 Å². The van der Waals surface area contributed by atoms with E-state index >= 15 is 0 Å². The molecule has 1 atom stereocenters. The van der Waals surface area contributed by atoms with Crippen LogP contribution in [0.25, 0.3) is 0 Å². The highest BCUT2D eigenvalue weighted by atomic mass is 19.1. The highest BCUT2D eigenvalue weighted by Crippen LogP contribution is 2.32. The lowest BCUT2D eigenvalue weighted by Crippen LogP contribution is -2.53. The van der Waals surface area contributed by atoms with Gasteiger partial charge in [0, 0.05) is 50.5 Å². The number of nitrogens with one attached hydrogen (secondary N) is 1. The number of rotatable bonds is 7. The minimum atomic E-state index is -0.754. The molecule has 2 aromatic rings. The molecule has 0 aliphatic carbocycles. The molecule has 1 fully saturated rings. The number of carbonyl (C=O) groups excluding carboxylic acids is 3. The Morgan fingerprint density at radius 3 is 2.28 bits per heavy atom. The van der Waals surface area contributed by atoms with Gasteiger partial charge in [-0.25, -0.2) is 14.0 Å². The Bertz CT molecular complexity index is 1130. The number of esters is 1. The Hall–Kier alpha value is -3.72. The number of hydrogen-bond acceptors (Lipinski definition) is 5. The van der Waals surface area contributed by atoms with E-state index in [-0.39, 0.29) is 18.5 Å². The molecule has 0 aromatic heterocycles. The van der Waals surface area contributed by atoms with Crippen molar-refractivity contribution in [1.29, 1.82) is 0 Å². The third kappa shape index (κ3) is 5.41. The molecule has 0 spiro atoms. The van der Waals surface area contributed by atoms with Crippen LogP contribution in [0.2, 0.25) is 0 Å². The van der Waals surface area contributed by atoms with Gasteiger partial charge in [0.2, 0.25) is 0 Å². The number of nitrogens with zero attached hydrogens (tertiary/aromatic N) is 3. The summed E-state index contributed by atoms with van der Waals surface area (Å²) >= 11 is 0. The lowest BCUT2D eigenvalue weighted by Gasteiger charge is -2.40. The van der Waals surface area contributed by atoms with Gasteiger partial charge in [-0.05, 0) is 43.7 Å². The van der Waals surface area contributed by atoms with Gasteiger partial charge in [-0.15, -0.1) is 0 Å². The minimum Gasteiger partial charge on any atom is -0.463 e. The van der Waals surface area contributed by atoms with Crippen LogP contribution in [0.15, 0.2) is 65.9 Å². The standard InChI is InChI=1S/C27H31FN4O4/c1-3-32-22(18-30-14-16-31(17-15-30)25(33)20-8-6-5-7-9-20)23(26(34)36-4-2)24(29-27(32)35)19-10-12-21(28)13-11-19/h5-13,24H,3-4,14-18H2,1-2H3,(H,29,35)/t24-/m0/s1. The highest BCUT2D eigenvalue weighted by molar-refractivity contribution is 5.95. The summed E-state index contributed by atoms with van der Waals surface area (Å²) in [5.41, 5.74) is 2.16. The molecule has 4 rings (SSSR count). The fourth-order valence-corrected chi connectivity index (χ4v) is 4.65. The second-order valence-corrected chi connectivity index (χ2v) is 8.69. The third-order valence-electron chi connectivity index (χ3n) is 6.51. The third-order valence-corrected chi connectivity index (χ3v) is 6.51. The largest absolute Gasteiger partial charge is 0.463 e. The van der Waals surface area contributed by atoms with E-state index in [0.717, 1.165) is 0 Å². The number of benzene rings is 2. The summed E-state index contributed by atoms with van der Waals surface area (Å²) in [6.07, 6.45) is 0. The van der Waals surface area contributed by atoms with E-state index in [1.165, 1.54) is 12.1 Å². The molecule has 2 aromatic carbocycles. The molecule has 2 aliphatic heterocycles. The second-order valence-electron chi connectivity index (χ2n) is 8.69. The summed E-state index contributed by atoms with van der Waals surface area (Å²) in [6, 6.07) is 13.8. The summed E-state index contributed by atoms with van der Waals surface area (Å²) in [5.74, 6) is -0.927. The van der Waals surface area contributed by atoms with Crippen molar-refractivity contribution in [3.63, 3.8) is 0 Å². The van der Waals surface area contributed by atoms with Gasteiger partial charge in [-0.3, -0.25) is 14.6 Å². The van der Waals surface area contributed by atoms with Gasteiger partial charge < -0.3 is 15.0 Å². The van der Waals surface area contributed by atoms with Crippen molar-refractivity contribution in [2.24, 2.45) is 0 Å². The molecular formula is C27H31FN4O4. The van der Waals surface area contributed by atoms with Crippen LogP contribution in [0.4, 0.5) is 9.18 Å². The number of halogens is 1. The van der Waals surface area contributed by atoms with Crippen molar-refractivity contribution in [1.82, 2.24) is 20.0 Å². The number of piperazine rings is 1. The molecule has 36 heavy (non-hydrogen) atoms. The first-order valence-electron chi connectivity index (χ1n) is 12.2. The number of carbonyl (C=O) groups is 3. The average Bonchev–Trinajstić information content (AvgIpc) is 2.89. The SMILES string of the molecule is CCOC(=O)C1=C(CN2CCN(C(=O)c3ccccc3)CC2)N(CC)C(=O)N[C@H]1c1ccc(F)cc1. The van der Waals surface area contributed by atoms with Gasteiger partial charge in [-0.2, -0.15) is 0 Å². The fourth-order valence-electron chi connectivity index (χ4n) is 4.65. The zero-order chi connectivity index (χ0) is 25.7. The Labute approximate surface area is 210 Å². The van der Waals surface area contributed by atoms with Crippen LogP contribution in [0.1, 0.15) is 35.8 Å². The number of ether oxygens (including phenoxy) is 1. The van der Waals surface area contributed by atoms with E-state index in [4.69, 9.17) is 4.74 Å². The lowest BCUT2D eigenvalue weighted by atomic mass is 9.94. The number of hydrogen-bond donors (Lipinski definition) is 1. The van der Waals surface area contributed by atoms with Crippen molar-refractivity contribution in [2.45, 2.75) is 19.9 Å². The van der Waals surface area contributed by atoms with Crippen LogP contribution in [-0.4, -0.2) is 78.5 Å². The summed E-state index contributed by atoms with van der Waals surface area (Å²) in [7, 11) is 0. The van der Waals surface area contributed by atoms with E-state index in [0.29, 0.717) is 61.7 Å². The van der Waals surface area contributed by atoms with Crippen LogP contribution < -0.4 is 5.32 Å². The molecule has 2 heterocycles. The highest BCUT2D eigenvalue weighted by Gasteiger charge is 2.38. The minimum absolute atomic E-state index is 0.00900. The molecule has 9 heteroatoms. The quantitative estimate of drug-likeness (QED) is 0.598. The van der Waals surface area contributed by atoms with Gasteiger partial charge in [-0.1, -0.05) is 30.3 Å². The summed E-state index contributed by atoms with van der Waals surface area (Å²) in [4.78, 5) is 44.5. The number of likely N-dealkylation sites (N-methyl/N-ethyl adjacent to an activating group) is 1. The van der Waals surface area contributed by atoms with Crippen molar-refractivity contribution >= 4 is 17.9 Å². The van der Waals surface area contributed by atoms with Gasteiger partial charge in [0.1, 0.15) is 5.82 Å². The van der Waals surface area contributed by atoms with Gasteiger partial charge in [0.05, 0.1) is 18.2 Å². The molecule has 8 nitrogen and oxygen atoms in total. The smallest absolute Gasteiger partial charge is 0.338 e. The molecule has 1 saturated heterocycles. The Kier molecular flexibility index (Phi) is 8.00. The predicted molar refractivity (Wildman–Crippen MR) is 132 cm³/mol. The van der Waals surface area contributed by atoms with Crippen molar-refractivity contribution in [2.75, 3.05) is 45.9 Å². The van der Waals surface area contributed by atoms with E-state index in [1.54, 1.807) is 36.1 Å². The first-order chi connectivity index (χ1) is 17.4. The molecule has 0 radical (unpaired) electrons. The van der Waals surface area contributed by atoms with Gasteiger partial charge in [0.25, 0.3) is 5.91 Å². The first kappa shape index (κ1) is 25.4. The maximum atomic E-state index is 13.6. The van der Waals surface area contributed by atoms with Crippen LogP contribution in [0.5, 0.6) is 0 Å². The molecular weight excluding hydrogens is 463 g/mol. The lowest BCUT2D eigenvalue weighted by molar-refractivity contribution is -0.139. The molecule has 3 amide bonds. The van der Waals surface area contributed by atoms with Crippen LogP contribution in [0, 0.1) is 5.82 Å². The van der Waals surface area contributed by atoms with Crippen LogP contribution in [0.3, 0.4) is 0 Å². The molecule has 0 unspecified atom stereocenters. The van der Waals surface area contributed by atoms with E-state index < -0.39 is 17.8 Å². The molecule has 1 N–H and O–H groups in total. The van der Waals surface area contributed by atoms with Gasteiger partial charge >= 0.3 is 12.0 Å². The fraction of sp³-hybridized carbons (Fsp3) is 0.370. The normalized spacial score (nSPS) is 18.8. The predicted octanol–water partition coefficient (Wildman–Crippen LogP) is 3.19. The number of amides is 3. The monoisotopic (exact) mass is 494 g/mol. The molecule has 0 bridgehead atoms. The second kappa shape index (κ2) is 11.3. The van der Waals surface area contributed by atoms with Crippen molar-refractivity contribution < 1.29 is 23.5 Å². The molecule has 0 saturated carbocycles. The zero-order valence-electron chi connectivity index (χ0n) is 20.6. The first-order valence-corrected chi connectivity index (χ1v) is 12.2. The van der Waals surface area contributed by atoms with Gasteiger partial charge in [0.15, 0.2) is 0 Å². The summed E-state index contributed by atoms with van der Waals surface area (Å²) < 4.78 is 19.0. The molecule has 190 valence electrons. The Morgan fingerprint density at radius 2 is 1.67 bits per heavy atom. The number of urea groups is 1. The van der Waals surface area contributed by atoms with E-state index in [1.807, 2.05) is 30.0 Å². The summed E-state index contributed by atoms with van der Waals surface area (Å²) in [5, 5.41) is 2.88. The Balaban J connectivity index is 1.59. The maximum absolute atomic E-state index is 13.6. The Morgan fingerprint density at radius 1 is 1.00 bits per heavy atom. The zero-order valence-corrected chi connectivity index (χ0v) is 20.6.